The first kappa shape index (κ1) is 25.7. The van der Waals surface area contributed by atoms with Crippen LogP contribution in [0.1, 0.15) is 44.3 Å². The Morgan fingerprint density at radius 1 is 1.08 bits per heavy atom. The maximum Gasteiger partial charge on any atom is 0.418 e. The smallest absolute Gasteiger partial charge is 0.347 e. The van der Waals surface area contributed by atoms with Gasteiger partial charge in [0.1, 0.15) is 11.2 Å². The molecule has 1 aliphatic rings. The minimum atomic E-state index is -4.72. The number of likely N-dealkylation sites (tertiary alicyclic amines) is 1. The van der Waals surface area contributed by atoms with Gasteiger partial charge in [-0.3, -0.25) is 14.6 Å². The quantitative estimate of drug-likeness (QED) is 0.391. The highest BCUT2D eigenvalue weighted by Gasteiger charge is 2.38. The van der Waals surface area contributed by atoms with Gasteiger partial charge in [0.2, 0.25) is 0 Å². The van der Waals surface area contributed by atoms with Crippen molar-refractivity contribution < 1.29 is 22.8 Å². The molecule has 1 saturated heterocycles. The highest BCUT2D eigenvalue weighted by molar-refractivity contribution is 6.35. The van der Waals surface area contributed by atoms with Crippen molar-refractivity contribution in [1.29, 1.82) is 0 Å². The maximum atomic E-state index is 13.5. The van der Waals surface area contributed by atoms with Gasteiger partial charge in [0, 0.05) is 43.9 Å². The van der Waals surface area contributed by atoms with E-state index < -0.39 is 29.4 Å². The van der Waals surface area contributed by atoms with Crippen LogP contribution in [0.5, 0.6) is 0 Å². The van der Waals surface area contributed by atoms with Crippen molar-refractivity contribution >= 4 is 34.4 Å². The average Bonchev–Trinajstić information content (AvgIpc) is 3.29. The summed E-state index contributed by atoms with van der Waals surface area (Å²) in [6.07, 6.45) is -1.60. The molecular weight excluding hydrogens is 519 g/mol. The number of nitrogens with one attached hydrogen (secondary N) is 1. The van der Waals surface area contributed by atoms with Crippen molar-refractivity contribution in [1.82, 2.24) is 24.8 Å². The molecule has 0 saturated carbocycles. The molecular formula is C27H23ClF3N5O2. The van der Waals surface area contributed by atoms with Crippen LogP contribution in [0.15, 0.2) is 67.1 Å². The van der Waals surface area contributed by atoms with Crippen molar-refractivity contribution in [2.75, 3.05) is 13.1 Å². The average molecular weight is 542 g/mol. The first-order valence-corrected chi connectivity index (χ1v) is 12.3. The Balaban J connectivity index is 1.42. The predicted molar refractivity (Wildman–Crippen MR) is 136 cm³/mol. The molecule has 0 unspecified atom stereocenters. The van der Waals surface area contributed by atoms with Gasteiger partial charge in [-0.05, 0) is 36.2 Å². The van der Waals surface area contributed by atoms with Crippen LogP contribution in [-0.2, 0) is 13.2 Å². The number of aromatic nitrogens is 3. The minimum absolute atomic E-state index is 0.232. The number of fused-ring (bicyclic) bond motifs is 1. The molecule has 2 aromatic heterocycles. The van der Waals surface area contributed by atoms with Crippen LogP contribution in [0.25, 0.3) is 11.0 Å². The number of imidazole rings is 1. The molecule has 5 rings (SSSR count). The number of hydrogen-bond donors (Lipinski definition) is 1. The Bertz CT molecular complexity index is 1510. The third-order valence-electron chi connectivity index (χ3n) is 6.80. The molecule has 1 fully saturated rings. The molecule has 0 radical (unpaired) electrons. The molecule has 38 heavy (non-hydrogen) atoms. The lowest BCUT2D eigenvalue weighted by molar-refractivity contribution is -0.138. The largest absolute Gasteiger partial charge is 0.418 e. The lowest BCUT2D eigenvalue weighted by Gasteiger charge is -2.39. The first-order valence-electron chi connectivity index (χ1n) is 11.9. The first-order chi connectivity index (χ1) is 18.1. The van der Waals surface area contributed by atoms with Crippen LogP contribution in [-0.4, -0.2) is 50.4 Å². The zero-order chi connectivity index (χ0) is 27.0. The number of halogens is 4. The number of aryl methyl sites for hydroxylation is 1. The fourth-order valence-corrected chi connectivity index (χ4v) is 5.16. The summed E-state index contributed by atoms with van der Waals surface area (Å²) in [6.45, 7) is 0.547. The number of rotatable bonds is 4. The number of carbonyl (C=O) groups is 2. The number of piperidine rings is 1. The van der Waals surface area contributed by atoms with Crippen LogP contribution in [0.2, 0.25) is 5.02 Å². The van der Waals surface area contributed by atoms with Gasteiger partial charge in [0.05, 0.1) is 22.4 Å². The molecule has 3 heterocycles. The summed E-state index contributed by atoms with van der Waals surface area (Å²) in [5.74, 6) is -1.49. The number of alkyl halides is 3. The minimum Gasteiger partial charge on any atom is -0.347 e. The Labute approximate surface area is 221 Å². The second-order valence-electron chi connectivity index (χ2n) is 9.22. The monoisotopic (exact) mass is 541 g/mol. The third-order valence-corrected chi connectivity index (χ3v) is 7.09. The van der Waals surface area contributed by atoms with E-state index >= 15 is 0 Å². The van der Waals surface area contributed by atoms with Gasteiger partial charge in [-0.2, -0.15) is 13.2 Å². The van der Waals surface area contributed by atoms with Gasteiger partial charge in [-0.1, -0.05) is 41.9 Å². The summed E-state index contributed by atoms with van der Waals surface area (Å²) >= 11 is 6.39. The Morgan fingerprint density at radius 2 is 1.84 bits per heavy atom. The number of pyridine rings is 1. The molecule has 4 aromatic rings. The van der Waals surface area contributed by atoms with Crippen LogP contribution >= 0.6 is 11.6 Å². The predicted octanol–water partition coefficient (Wildman–Crippen LogP) is 5.07. The summed E-state index contributed by atoms with van der Waals surface area (Å²) in [5, 5.41) is 3.13. The lowest BCUT2D eigenvalue weighted by Crippen LogP contribution is -2.51. The fraction of sp³-hybridized carbons (Fsp3) is 0.259. The molecule has 0 aliphatic carbocycles. The van der Waals surface area contributed by atoms with Crippen molar-refractivity contribution in [3.63, 3.8) is 0 Å². The summed E-state index contributed by atoms with van der Waals surface area (Å²) in [7, 11) is 1.81. The molecule has 11 heteroatoms. The lowest BCUT2D eigenvalue weighted by atomic mass is 9.85. The zero-order valence-electron chi connectivity index (χ0n) is 20.2. The molecule has 196 valence electrons. The third kappa shape index (κ3) is 4.96. The molecule has 1 aliphatic heterocycles. The summed E-state index contributed by atoms with van der Waals surface area (Å²) in [4.78, 5) is 36.2. The fourth-order valence-electron chi connectivity index (χ4n) is 4.89. The van der Waals surface area contributed by atoms with Gasteiger partial charge in [-0.25, -0.2) is 4.98 Å². The number of hydrogen-bond acceptors (Lipinski definition) is 4. The summed E-state index contributed by atoms with van der Waals surface area (Å²) < 4.78 is 42.2. The van der Waals surface area contributed by atoms with Crippen molar-refractivity contribution in [3.05, 3.63) is 94.5 Å². The van der Waals surface area contributed by atoms with E-state index in [0.29, 0.717) is 29.1 Å². The van der Waals surface area contributed by atoms with Gasteiger partial charge < -0.3 is 14.8 Å². The van der Waals surface area contributed by atoms with E-state index in [0.717, 1.165) is 29.4 Å². The topological polar surface area (TPSA) is 80.1 Å². The molecule has 2 aromatic carbocycles. The SMILES string of the molecule is Cn1cnc2c(Cl)cc(C(=O)N3CC[C@@H](NC(=O)c4ncccc4C(F)(F)F)[C@@H](c4ccccc4)C3)cc21. The normalized spacial score (nSPS) is 18.0. The van der Waals surface area contributed by atoms with E-state index in [1.807, 2.05) is 37.4 Å². The van der Waals surface area contributed by atoms with Crippen LogP contribution in [0.4, 0.5) is 13.2 Å². The molecule has 1 N–H and O–H groups in total. The highest BCUT2D eigenvalue weighted by Crippen LogP contribution is 2.33. The van der Waals surface area contributed by atoms with Gasteiger partial charge >= 0.3 is 6.18 Å². The maximum absolute atomic E-state index is 13.5. The highest BCUT2D eigenvalue weighted by atomic mass is 35.5. The number of benzene rings is 2. The second-order valence-corrected chi connectivity index (χ2v) is 9.62. The Hall–Kier alpha value is -3.92. The Kier molecular flexibility index (Phi) is 6.83. The molecule has 2 amide bonds. The van der Waals surface area contributed by atoms with Gasteiger partial charge in [0.25, 0.3) is 11.8 Å². The number of carbonyl (C=O) groups excluding carboxylic acids is 2. The summed E-state index contributed by atoms with van der Waals surface area (Å²) in [5.41, 5.74) is 0.810. The van der Waals surface area contributed by atoms with E-state index in [1.165, 1.54) is 0 Å². The molecule has 7 nitrogen and oxygen atoms in total. The second kappa shape index (κ2) is 10.1. The summed E-state index contributed by atoms with van der Waals surface area (Å²) in [6, 6.07) is 14.1. The van der Waals surface area contributed by atoms with Crippen molar-refractivity contribution in [2.24, 2.45) is 7.05 Å². The van der Waals surface area contributed by atoms with E-state index in [-0.39, 0.29) is 18.4 Å². The van der Waals surface area contributed by atoms with E-state index in [4.69, 9.17) is 11.6 Å². The van der Waals surface area contributed by atoms with E-state index in [2.05, 4.69) is 15.3 Å². The molecule has 0 bridgehead atoms. The molecule has 2 atom stereocenters. The van der Waals surface area contributed by atoms with Crippen LogP contribution in [0, 0.1) is 0 Å². The standard InChI is InChI=1S/C27H23ClF3N5O2/c1-35-15-33-24-20(28)12-17(13-22(24)35)26(38)36-11-9-21(18(14-36)16-6-3-2-4-7-16)34-25(37)23-19(27(29,30)31)8-5-10-32-23/h2-8,10,12-13,15,18,21H,9,11,14H2,1H3,(H,34,37)/t18-,21-/m1/s1. The van der Waals surface area contributed by atoms with Crippen LogP contribution in [0.3, 0.4) is 0 Å². The molecule has 0 spiro atoms. The van der Waals surface area contributed by atoms with Gasteiger partial charge in [0.15, 0.2) is 0 Å². The van der Waals surface area contributed by atoms with E-state index in [1.54, 1.807) is 27.9 Å². The number of amides is 2. The number of nitrogens with zero attached hydrogens (tertiary/aromatic N) is 4. The van der Waals surface area contributed by atoms with Crippen LogP contribution < -0.4 is 5.32 Å². The Morgan fingerprint density at radius 3 is 2.58 bits per heavy atom. The van der Waals surface area contributed by atoms with E-state index in [9.17, 15) is 22.8 Å². The zero-order valence-corrected chi connectivity index (χ0v) is 21.0. The van der Waals surface area contributed by atoms with Gasteiger partial charge in [-0.15, -0.1) is 0 Å². The van der Waals surface area contributed by atoms with Crippen molar-refractivity contribution in [2.45, 2.75) is 24.6 Å². The van der Waals surface area contributed by atoms with Crippen molar-refractivity contribution in [3.8, 4) is 0 Å².